The highest BCUT2D eigenvalue weighted by molar-refractivity contribution is 6.27. The van der Waals surface area contributed by atoms with Crippen molar-refractivity contribution in [2.45, 2.75) is 6.92 Å². The lowest BCUT2D eigenvalue weighted by molar-refractivity contribution is 0.149. The van der Waals surface area contributed by atoms with Gasteiger partial charge in [-0.25, -0.2) is 0 Å². The lowest BCUT2D eigenvalue weighted by Gasteiger charge is -1.97. The number of alkyl halides is 1. The Kier molecular flexibility index (Phi) is 5.41. The molecule has 0 aliphatic carbocycles. The second kappa shape index (κ2) is 5.69. The van der Waals surface area contributed by atoms with Gasteiger partial charge in [0.1, 0.15) is 12.5 Å². The molecule has 0 unspecified atom stereocenters. The van der Waals surface area contributed by atoms with Crippen molar-refractivity contribution >= 4 is 17.5 Å². The maximum atomic E-state index is 5.37. The fourth-order valence-corrected chi connectivity index (χ4v) is 0.411. The van der Waals surface area contributed by atoms with Crippen molar-refractivity contribution in [1.82, 2.24) is 0 Å². The van der Waals surface area contributed by atoms with Gasteiger partial charge in [-0.3, -0.25) is 0 Å². The number of nitrogens with zero attached hydrogens (tertiary/aromatic N) is 1. The van der Waals surface area contributed by atoms with Gasteiger partial charge in [0.15, 0.2) is 0 Å². The van der Waals surface area contributed by atoms with E-state index in [2.05, 4.69) is 9.99 Å². The fraction of sp³-hybridized carbons (Fsp3) is 0.800. The summed E-state index contributed by atoms with van der Waals surface area (Å²) in [7, 11) is 1.50. The highest BCUT2D eigenvalue weighted by atomic mass is 35.5. The van der Waals surface area contributed by atoms with Gasteiger partial charge in [0, 0.05) is 0 Å². The summed E-state index contributed by atoms with van der Waals surface area (Å²) < 4.78 is 4.69. The number of oxime groups is 1. The number of hydrogen-bond acceptors (Lipinski definition) is 3. The Labute approximate surface area is 59.6 Å². The van der Waals surface area contributed by atoms with Crippen LogP contribution in [-0.4, -0.2) is 25.5 Å². The molecule has 3 nitrogen and oxygen atoms in total. The van der Waals surface area contributed by atoms with Crippen LogP contribution in [0.2, 0.25) is 0 Å². The van der Waals surface area contributed by atoms with E-state index in [1.165, 1.54) is 7.11 Å². The molecule has 54 valence electrons. The smallest absolute Gasteiger partial charge is 0.240 e. The number of halogens is 1. The maximum Gasteiger partial charge on any atom is 0.240 e. The topological polar surface area (TPSA) is 30.8 Å². The van der Waals surface area contributed by atoms with Crippen LogP contribution in [0.4, 0.5) is 0 Å². The van der Waals surface area contributed by atoms with Crippen molar-refractivity contribution in [3.05, 3.63) is 0 Å². The monoisotopic (exact) mass is 151 g/mol. The number of ether oxygens (including phenoxy) is 1. The summed E-state index contributed by atoms with van der Waals surface area (Å²) in [5.41, 5.74) is 0. The third kappa shape index (κ3) is 4.09. The third-order valence-electron chi connectivity index (χ3n) is 0.645. The number of hydrogen-bond donors (Lipinski definition) is 0. The number of methoxy groups -OCH3 is 1. The molecule has 0 aliphatic heterocycles. The summed E-state index contributed by atoms with van der Waals surface area (Å²) >= 11 is 5.37. The summed E-state index contributed by atoms with van der Waals surface area (Å²) in [4.78, 5) is 4.66. The Hall–Kier alpha value is -0.440. The second-order valence-electron chi connectivity index (χ2n) is 1.24. The van der Waals surface area contributed by atoms with Crippen molar-refractivity contribution in [2.24, 2.45) is 5.16 Å². The Morgan fingerprint density at radius 3 is 2.67 bits per heavy atom. The Bertz CT molecular complexity index is 89.0. The summed E-state index contributed by atoms with van der Waals surface area (Å²) in [5.74, 6) is 0.648. The van der Waals surface area contributed by atoms with Crippen LogP contribution in [0.15, 0.2) is 5.16 Å². The molecule has 9 heavy (non-hydrogen) atoms. The normalized spacial score (nSPS) is 11.2. The summed E-state index contributed by atoms with van der Waals surface area (Å²) in [6.07, 6.45) is 0. The number of rotatable bonds is 3. The van der Waals surface area contributed by atoms with Crippen LogP contribution in [0.25, 0.3) is 0 Å². The summed E-state index contributed by atoms with van der Waals surface area (Å²) in [5, 5.41) is 3.54. The van der Waals surface area contributed by atoms with Crippen LogP contribution in [0, 0.1) is 0 Å². The van der Waals surface area contributed by atoms with E-state index in [1.807, 2.05) is 6.92 Å². The van der Waals surface area contributed by atoms with E-state index in [4.69, 9.17) is 16.3 Å². The van der Waals surface area contributed by atoms with Crippen LogP contribution in [0.5, 0.6) is 0 Å². The predicted molar refractivity (Wildman–Crippen MR) is 36.8 cm³/mol. The molecule has 0 spiro atoms. The molecular formula is C5H10ClNO2. The van der Waals surface area contributed by atoms with Crippen molar-refractivity contribution in [2.75, 3.05) is 19.6 Å². The zero-order valence-electron chi connectivity index (χ0n) is 5.56. The van der Waals surface area contributed by atoms with E-state index in [-0.39, 0.29) is 5.88 Å². The first kappa shape index (κ1) is 8.56. The van der Waals surface area contributed by atoms with Gasteiger partial charge in [0.05, 0.1) is 7.11 Å². The van der Waals surface area contributed by atoms with E-state index in [9.17, 15) is 0 Å². The molecule has 0 heterocycles. The SMILES string of the molecule is CCON=C(CCl)OC. The largest absolute Gasteiger partial charge is 0.481 e. The van der Waals surface area contributed by atoms with E-state index >= 15 is 0 Å². The van der Waals surface area contributed by atoms with Crippen LogP contribution < -0.4 is 0 Å². The Morgan fingerprint density at radius 1 is 1.67 bits per heavy atom. The van der Waals surface area contributed by atoms with Crippen molar-refractivity contribution in [3.63, 3.8) is 0 Å². The van der Waals surface area contributed by atoms with Gasteiger partial charge in [-0.1, -0.05) is 5.16 Å². The first-order chi connectivity index (χ1) is 4.35. The molecule has 0 amide bonds. The molecule has 0 atom stereocenters. The second-order valence-corrected chi connectivity index (χ2v) is 1.51. The minimum absolute atomic E-state index is 0.247. The zero-order valence-corrected chi connectivity index (χ0v) is 6.31. The van der Waals surface area contributed by atoms with Crippen LogP contribution in [0.1, 0.15) is 6.92 Å². The van der Waals surface area contributed by atoms with Crippen molar-refractivity contribution < 1.29 is 9.57 Å². The first-order valence-corrected chi connectivity index (χ1v) is 3.17. The molecule has 0 aromatic rings. The Morgan fingerprint density at radius 2 is 2.33 bits per heavy atom. The molecule has 0 N–H and O–H groups in total. The standard InChI is InChI=1S/C5H10ClNO2/c1-3-9-7-5(4-6)8-2/h3-4H2,1-2H3. The average Bonchev–Trinajstić information content (AvgIpc) is 1.91. The van der Waals surface area contributed by atoms with E-state index in [0.717, 1.165) is 0 Å². The summed E-state index contributed by atoms with van der Waals surface area (Å²) in [6, 6.07) is 0. The Balaban J connectivity index is 3.48. The van der Waals surface area contributed by atoms with E-state index in [0.29, 0.717) is 12.5 Å². The quantitative estimate of drug-likeness (QED) is 0.263. The fourth-order valence-electron chi connectivity index (χ4n) is 0.253. The van der Waals surface area contributed by atoms with Crippen molar-refractivity contribution in [1.29, 1.82) is 0 Å². The van der Waals surface area contributed by atoms with Gasteiger partial charge < -0.3 is 9.57 Å². The van der Waals surface area contributed by atoms with Crippen LogP contribution in [0.3, 0.4) is 0 Å². The van der Waals surface area contributed by atoms with Gasteiger partial charge in [-0.15, -0.1) is 11.6 Å². The summed E-state index contributed by atoms with van der Waals surface area (Å²) in [6.45, 7) is 2.37. The molecule has 0 rings (SSSR count). The predicted octanol–water partition coefficient (Wildman–Crippen LogP) is 1.22. The van der Waals surface area contributed by atoms with Crippen molar-refractivity contribution in [3.8, 4) is 0 Å². The molecule has 0 aliphatic rings. The van der Waals surface area contributed by atoms with E-state index in [1.54, 1.807) is 0 Å². The minimum atomic E-state index is 0.247. The molecule has 4 heteroatoms. The van der Waals surface area contributed by atoms with Crippen LogP contribution in [-0.2, 0) is 9.57 Å². The highest BCUT2D eigenvalue weighted by Crippen LogP contribution is 1.85. The minimum Gasteiger partial charge on any atom is -0.481 e. The molecular weight excluding hydrogens is 142 g/mol. The molecule has 0 bridgehead atoms. The van der Waals surface area contributed by atoms with Gasteiger partial charge in [-0.05, 0) is 6.92 Å². The molecule has 0 fully saturated rings. The first-order valence-electron chi connectivity index (χ1n) is 2.64. The van der Waals surface area contributed by atoms with Gasteiger partial charge in [-0.2, -0.15) is 0 Å². The lowest BCUT2D eigenvalue weighted by atomic mass is 10.8. The van der Waals surface area contributed by atoms with Gasteiger partial charge >= 0.3 is 0 Å². The van der Waals surface area contributed by atoms with Gasteiger partial charge in [0.25, 0.3) is 0 Å². The molecule has 0 radical (unpaired) electrons. The third-order valence-corrected chi connectivity index (χ3v) is 0.874. The lowest BCUT2D eigenvalue weighted by Crippen LogP contribution is -2.03. The molecule has 0 saturated heterocycles. The van der Waals surface area contributed by atoms with Crippen LogP contribution >= 0.6 is 11.6 Å². The van der Waals surface area contributed by atoms with E-state index < -0.39 is 0 Å². The zero-order chi connectivity index (χ0) is 7.11. The molecule has 0 aromatic heterocycles. The maximum absolute atomic E-state index is 5.37. The highest BCUT2D eigenvalue weighted by Gasteiger charge is 1.92. The molecule has 0 saturated carbocycles. The molecule has 0 aromatic carbocycles. The average molecular weight is 152 g/mol. The van der Waals surface area contributed by atoms with Gasteiger partial charge in [0.2, 0.25) is 5.90 Å².